The van der Waals surface area contributed by atoms with Crippen LogP contribution in [0.3, 0.4) is 0 Å². The van der Waals surface area contributed by atoms with Crippen molar-refractivity contribution in [2.45, 2.75) is 70.5 Å². The number of ether oxygens (including phenoxy) is 1. The van der Waals surface area contributed by atoms with Crippen LogP contribution in [0.4, 0.5) is 5.00 Å². The SMILES string of the molecule is CCOC(=O)c1c(NC(=O)CCSc2nc3ccccc3c(=O)n2CC)sc2c1CCCCCC2. The van der Waals surface area contributed by atoms with Gasteiger partial charge in [-0.15, -0.1) is 11.3 Å². The number of aromatic nitrogens is 2. The summed E-state index contributed by atoms with van der Waals surface area (Å²) in [5.41, 5.74) is 2.17. The van der Waals surface area contributed by atoms with Crippen molar-refractivity contribution in [2.24, 2.45) is 0 Å². The van der Waals surface area contributed by atoms with Crippen LogP contribution < -0.4 is 10.9 Å². The maximum atomic E-state index is 12.9. The fraction of sp³-hybridized carbons (Fsp3) is 0.462. The van der Waals surface area contributed by atoms with E-state index in [1.54, 1.807) is 17.6 Å². The third-order valence-corrected chi connectivity index (χ3v) is 8.29. The van der Waals surface area contributed by atoms with E-state index in [-0.39, 0.29) is 23.9 Å². The van der Waals surface area contributed by atoms with Gasteiger partial charge in [0.15, 0.2) is 5.16 Å². The Balaban J connectivity index is 1.48. The molecule has 0 unspecified atom stereocenters. The molecule has 4 rings (SSSR count). The number of amides is 1. The van der Waals surface area contributed by atoms with Crippen molar-refractivity contribution < 1.29 is 14.3 Å². The summed E-state index contributed by atoms with van der Waals surface area (Å²) in [5, 5.41) is 4.78. The topological polar surface area (TPSA) is 90.3 Å². The number of rotatable bonds is 8. The maximum Gasteiger partial charge on any atom is 0.341 e. The number of thioether (sulfide) groups is 1. The summed E-state index contributed by atoms with van der Waals surface area (Å²) < 4.78 is 6.97. The van der Waals surface area contributed by atoms with Gasteiger partial charge in [0.25, 0.3) is 5.56 Å². The molecule has 0 saturated carbocycles. The van der Waals surface area contributed by atoms with Crippen molar-refractivity contribution in [2.75, 3.05) is 17.7 Å². The zero-order valence-electron chi connectivity index (χ0n) is 20.2. The summed E-state index contributed by atoms with van der Waals surface area (Å²) in [5.74, 6) is -0.0535. The Labute approximate surface area is 213 Å². The van der Waals surface area contributed by atoms with Crippen molar-refractivity contribution in [3.8, 4) is 0 Å². The number of para-hydroxylation sites is 1. The predicted molar refractivity (Wildman–Crippen MR) is 142 cm³/mol. The van der Waals surface area contributed by atoms with Gasteiger partial charge in [0.2, 0.25) is 5.91 Å². The van der Waals surface area contributed by atoms with Crippen LogP contribution in [-0.4, -0.2) is 33.8 Å². The fourth-order valence-corrected chi connectivity index (χ4v) is 6.68. The molecular weight excluding hydrogens is 482 g/mol. The van der Waals surface area contributed by atoms with E-state index in [2.05, 4.69) is 10.3 Å². The number of anilines is 1. The average molecular weight is 514 g/mol. The number of aryl methyl sites for hydroxylation is 1. The van der Waals surface area contributed by atoms with E-state index in [0.717, 1.165) is 37.7 Å². The maximum absolute atomic E-state index is 12.9. The fourth-order valence-electron chi connectivity index (χ4n) is 4.39. The molecule has 2 heterocycles. The number of hydrogen-bond acceptors (Lipinski definition) is 7. The number of esters is 1. The van der Waals surface area contributed by atoms with Crippen LogP contribution in [-0.2, 0) is 28.9 Å². The molecule has 1 aromatic carbocycles. The molecule has 1 N–H and O–H groups in total. The molecule has 2 aromatic heterocycles. The van der Waals surface area contributed by atoms with E-state index in [4.69, 9.17) is 4.74 Å². The Morgan fingerprint density at radius 2 is 1.91 bits per heavy atom. The minimum absolute atomic E-state index is 0.0693. The molecule has 0 bridgehead atoms. The number of carbonyl (C=O) groups is 2. The average Bonchev–Trinajstić information content (AvgIpc) is 3.15. The lowest BCUT2D eigenvalue weighted by Crippen LogP contribution is -2.22. The zero-order valence-corrected chi connectivity index (χ0v) is 21.9. The quantitative estimate of drug-likeness (QED) is 0.245. The first-order chi connectivity index (χ1) is 17.0. The minimum Gasteiger partial charge on any atom is -0.462 e. The van der Waals surface area contributed by atoms with Crippen LogP contribution in [0, 0.1) is 0 Å². The molecule has 0 radical (unpaired) electrons. The van der Waals surface area contributed by atoms with E-state index in [0.29, 0.717) is 45.5 Å². The van der Waals surface area contributed by atoms with E-state index in [1.165, 1.54) is 34.4 Å². The first kappa shape index (κ1) is 25.4. The number of nitrogens with zero attached hydrogens (tertiary/aromatic N) is 2. The molecule has 0 spiro atoms. The van der Waals surface area contributed by atoms with E-state index in [1.807, 2.05) is 25.1 Å². The van der Waals surface area contributed by atoms with Crippen molar-refractivity contribution >= 4 is 50.9 Å². The summed E-state index contributed by atoms with van der Waals surface area (Å²) in [6, 6.07) is 7.30. The van der Waals surface area contributed by atoms with Gasteiger partial charge < -0.3 is 10.1 Å². The van der Waals surface area contributed by atoms with Gasteiger partial charge >= 0.3 is 5.97 Å². The Hall–Kier alpha value is -2.65. The summed E-state index contributed by atoms with van der Waals surface area (Å²) in [7, 11) is 0. The molecule has 9 heteroatoms. The number of carbonyl (C=O) groups excluding carboxylic acids is 2. The molecule has 0 aliphatic heterocycles. The zero-order chi connectivity index (χ0) is 24.8. The van der Waals surface area contributed by atoms with Gasteiger partial charge in [-0.1, -0.05) is 36.7 Å². The number of benzene rings is 1. The van der Waals surface area contributed by atoms with Crippen LogP contribution in [0.15, 0.2) is 34.2 Å². The second-order valence-corrected chi connectivity index (χ2v) is 10.6. The van der Waals surface area contributed by atoms with Gasteiger partial charge in [0.05, 0.1) is 23.1 Å². The van der Waals surface area contributed by atoms with Crippen LogP contribution in [0.5, 0.6) is 0 Å². The van der Waals surface area contributed by atoms with Gasteiger partial charge in [0, 0.05) is 23.6 Å². The van der Waals surface area contributed by atoms with E-state index < -0.39 is 0 Å². The van der Waals surface area contributed by atoms with Gasteiger partial charge in [-0.25, -0.2) is 9.78 Å². The van der Waals surface area contributed by atoms with Crippen molar-refractivity contribution in [3.05, 3.63) is 50.6 Å². The third kappa shape index (κ3) is 5.78. The lowest BCUT2D eigenvalue weighted by molar-refractivity contribution is -0.115. The molecular formula is C26H31N3O4S2. The Bertz CT molecular complexity index is 1280. The highest BCUT2D eigenvalue weighted by Crippen LogP contribution is 2.37. The largest absolute Gasteiger partial charge is 0.462 e. The highest BCUT2D eigenvalue weighted by atomic mass is 32.2. The summed E-state index contributed by atoms with van der Waals surface area (Å²) >= 11 is 2.90. The third-order valence-electron chi connectivity index (χ3n) is 6.11. The molecule has 1 aliphatic rings. The highest BCUT2D eigenvalue weighted by molar-refractivity contribution is 7.99. The summed E-state index contributed by atoms with van der Waals surface area (Å²) in [6.07, 6.45) is 6.49. The standard InChI is InChI=1S/C26H31N3O4S2/c1-3-29-24(31)17-11-9-10-13-19(17)27-26(29)34-16-15-21(30)28-23-22(25(32)33-4-2)18-12-7-5-6-8-14-20(18)35-23/h9-11,13H,3-8,12,14-16H2,1-2H3,(H,28,30). The first-order valence-electron chi connectivity index (χ1n) is 12.3. The van der Waals surface area contributed by atoms with Crippen LogP contribution >= 0.6 is 23.1 Å². The smallest absolute Gasteiger partial charge is 0.341 e. The first-order valence-corrected chi connectivity index (χ1v) is 14.1. The van der Waals surface area contributed by atoms with Gasteiger partial charge in [-0.2, -0.15) is 0 Å². The van der Waals surface area contributed by atoms with Crippen molar-refractivity contribution in [1.82, 2.24) is 9.55 Å². The normalized spacial score (nSPS) is 13.7. The molecule has 3 aromatic rings. The molecule has 1 aliphatic carbocycles. The summed E-state index contributed by atoms with van der Waals surface area (Å²) in [4.78, 5) is 44.3. The minimum atomic E-state index is -0.359. The lowest BCUT2D eigenvalue weighted by atomic mass is 9.96. The molecule has 186 valence electrons. The second kappa shape index (κ2) is 11.9. The summed E-state index contributed by atoms with van der Waals surface area (Å²) in [6.45, 7) is 4.51. The number of hydrogen-bond donors (Lipinski definition) is 1. The number of fused-ring (bicyclic) bond motifs is 2. The Morgan fingerprint density at radius 1 is 1.14 bits per heavy atom. The lowest BCUT2D eigenvalue weighted by Gasteiger charge is -2.12. The molecule has 0 fully saturated rings. The van der Waals surface area contributed by atoms with E-state index >= 15 is 0 Å². The van der Waals surface area contributed by atoms with Crippen LogP contribution in [0.25, 0.3) is 10.9 Å². The monoisotopic (exact) mass is 513 g/mol. The second-order valence-electron chi connectivity index (χ2n) is 8.45. The van der Waals surface area contributed by atoms with Crippen LogP contribution in [0.2, 0.25) is 0 Å². The van der Waals surface area contributed by atoms with Gasteiger partial charge in [-0.3, -0.25) is 14.2 Å². The molecule has 7 nitrogen and oxygen atoms in total. The van der Waals surface area contributed by atoms with Crippen molar-refractivity contribution in [3.63, 3.8) is 0 Å². The Morgan fingerprint density at radius 3 is 2.69 bits per heavy atom. The highest BCUT2D eigenvalue weighted by Gasteiger charge is 2.26. The molecule has 35 heavy (non-hydrogen) atoms. The molecule has 0 atom stereocenters. The molecule has 1 amide bonds. The Kier molecular flexibility index (Phi) is 8.62. The van der Waals surface area contributed by atoms with Gasteiger partial charge in [0.1, 0.15) is 5.00 Å². The van der Waals surface area contributed by atoms with Crippen LogP contribution in [0.1, 0.15) is 66.8 Å². The van der Waals surface area contributed by atoms with Gasteiger partial charge in [-0.05, 0) is 57.2 Å². The van der Waals surface area contributed by atoms with Crippen molar-refractivity contribution in [1.29, 1.82) is 0 Å². The predicted octanol–water partition coefficient (Wildman–Crippen LogP) is 5.43. The molecule has 0 saturated heterocycles. The number of nitrogens with one attached hydrogen (secondary N) is 1. The number of thiophene rings is 1. The van der Waals surface area contributed by atoms with E-state index in [9.17, 15) is 14.4 Å².